The van der Waals surface area contributed by atoms with Gasteiger partial charge in [-0.15, -0.1) is 11.3 Å². The predicted molar refractivity (Wildman–Crippen MR) is 121 cm³/mol. The molecule has 2 heterocycles. The molecule has 0 radical (unpaired) electrons. The van der Waals surface area contributed by atoms with Crippen LogP contribution in [0.3, 0.4) is 0 Å². The fourth-order valence-corrected chi connectivity index (χ4v) is 5.52. The van der Waals surface area contributed by atoms with E-state index in [0.717, 1.165) is 67.5 Å². The molecule has 2 amide bonds. The first kappa shape index (κ1) is 20.8. The topological polar surface area (TPSA) is 65.5 Å². The Labute approximate surface area is 182 Å². The zero-order chi connectivity index (χ0) is 21.3. The van der Waals surface area contributed by atoms with Crippen molar-refractivity contribution in [3.63, 3.8) is 0 Å². The summed E-state index contributed by atoms with van der Waals surface area (Å²) in [7, 11) is 0. The maximum atomic E-state index is 12.9. The summed E-state index contributed by atoms with van der Waals surface area (Å²) in [6.07, 6.45) is 3.02. The van der Waals surface area contributed by atoms with Gasteiger partial charge in [0.1, 0.15) is 0 Å². The summed E-state index contributed by atoms with van der Waals surface area (Å²) >= 11 is 1.72. The van der Waals surface area contributed by atoms with E-state index >= 15 is 0 Å². The number of carbonyl (C=O) groups excluding carboxylic acids is 2. The average Bonchev–Trinajstić information content (AvgIpc) is 3.18. The number of fused-ring (bicyclic) bond motifs is 1. The molecule has 1 atom stereocenters. The highest BCUT2D eigenvalue weighted by Crippen LogP contribution is 2.35. The molecule has 1 saturated heterocycles. The quantitative estimate of drug-likeness (QED) is 0.812. The van der Waals surface area contributed by atoms with Crippen LogP contribution in [0, 0.1) is 19.8 Å². The van der Waals surface area contributed by atoms with Gasteiger partial charge in [0.05, 0.1) is 5.69 Å². The second-order valence-corrected chi connectivity index (χ2v) is 9.40. The first-order valence-corrected chi connectivity index (χ1v) is 11.7. The molecular weight excluding hydrogens is 396 g/mol. The smallest absolute Gasteiger partial charge is 0.227 e. The minimum Gasteiger partial charge on any atom is -0.345 e. The Morgan fingerprint density at radius 3 is 2.67 bits per heavy atom. The molecule has 0 unspecified atom stereocenters. The molecule has 2 aliphatic rings. The van der Waals surface area contributed by atoms with E-state index in [1.807, 2.05) is 30.9 Å². The molecule has 6 nitrogen and oxygen atoms in total. The molecule has 2 aromatic rings. The van der Waals surface area contributed by atoms with Crippen molar-refractivity contribution < 1.29 is 9.59 Å². The molecule has 160 valence electrons. The number of hydrogen-bond acceptors (Lipinski definition) is 5. The molecule has 1 fully saturated rings. The Morgan fingerprint density at radius 1 is 1.20 bits per heavy atom. The predicted octanol–water partition coefficient (Wildman–Crippen LogP) is 3.56. The van der Waals surface area contributed by atoms with Crippen LogP contribution in [0.25, 0.3) is 0 Å². The number of nitrogens with one attached hydrogen (secondary N) is 1. The van der Waals surface area contributed by atoms with Crippen LogP contribution in [-0.4, -0.2) is 47.9 Å². The maximum Gasteiger partial charge on any atom is 0.227 e. The Bertz CT molecular complexity index is 947. The Balaban J connectivity index is 1.38. The molecule has 0 spiro atoms. The summed E-state index contributed by atoms with van der Waals surface area (Å²) in [5, 5.41) is 4.17. The number of piperazine rings is 1. The van der Waals surface area contributed by atoms with Crippen LogP contribution < -0.4 is 10.2 Å². The third-order valence-electron chi connectivity index (χ3n) is 6.14. The third kappa shape index (κ3) is 4.36. The average molecular weight is 427 g/mol. The summed E-state index contributed by atoms with van der Waals surface area (Å²) in [4.78, 5) is 35.1. The van der Waals surface area contributed by atoms with Crippen molar-refractivity contribution in [1.29, 1.82) is 0 Å². The lowest BCUT2D eigenvalue weighted by Gasteiger charge is -2.34. The molecule has 0 bridgehead atoms. The van der Waals surface area contributed by atoms with E-state index in [0.29, 0.717) is 6.42 Å². The highest BCUT2D eigenvalue weighted by molar-refractivity contribution is 7.15. The van der Waals surface area contributed by atoms with Crippen molar-refractivity contribution in [1.82, 2.24) is 9.88 Å². The SMILES string of the molecule is CCC(=O)N1CCN(c2nc3c(s2)C[C@@H](C(=O)Nc2ccc(C)cc2C)CC3)CC1. The van der Waals surface area contributed by atoms with E-state index in [-0.39, 0.29) is 17.7 Å². The monoisotopic (exact) mass is 426 g/mol. The van der Waals surface area contributed by atoms with Crippen LogP contribution in [0.5, 0.6) is 0 Å². The van der Waals surface area contributed by atoms with Crippen LogP contribution in [0.1, 0.15) is 41.5 Å². The van der Waals surface area contributed by atoms with Gasteiger partial charge >= 0.3 is 0 Å². The fourth-order valence-electron chi connectivity index (χ4n) is 4.28. The number of aromatic nitrogens is 1. The van der Waals surface area contributed by atoms with E-state index in [2.05, 4.69) is 23.2 Å². The Kier molecular flexibility index (Phi) is 6.09. The highest BCUT2D eigenvalue weighted by Gasteiger charge is 2.30. The van der Waals surface area contributed by atoms with Crippen LogP contribution in [0.15, 0.2) is 18.2 Å². The van der Waals surface area contributed by atoms with Gasteiger partial charge < -0.3 is 15.1 Å². The van der Waals surface area contributed by atoms with Crippen LogP contribution in [-0.2, 0) is 22.4 Å². The normalized spacial score (nSPS) is 18.8. The van der Waals surface area contributed by atoms with E-state index in [1.165, 1.54) is 10.4 Å². The van der Waals surface area contributed by atoms with Gasteiger partial charge in [-0.2, -0.15) is 0 Å². The van der Waals surface area contributed by atoms with Gasteiger partial charge in [0, 0.05) is 49.1 Å². The van der Waals surface area contributed by atoms with E-state index in [9.17, 15) is 9.59 Å². The van der Waals surface area contributed by atoms with Crippen molar-refractivity contribution >= 4 is 34.0 Å². The molecule has 1 aliphatic heterocycles. The second kappa shape index (κ2) is 8.76. The number of aryl methyl sites for hydroxylation is 3. The third-order valence-corrected chi connectivity index (χ3v) is 7.33. The van der Waals surface area contributed by atoms with Gasteiger partial charge in [0.15, 0.2) is 5.13 Å². The zero-order valence-electron chi connectivity index (χ0n) is 18.0. The fraction of sp³-hybridized carbons (Fsp3) is 0.522. The van der Waals surface area contributed by atoms with Gasteiger partial charge in [-0.25, -0.2) is 4.98 Å². The van der Waals surface area contributed by atoms with Gasteiger partial charge in [0.2, 0.25) is 11.8 Å². The van der Waals surface area contributed by atoms with E-state index in [4.69, 9.17) is 4.98 Å². The lowest BCUT2D eigenvalue weighted by atomic mass is 9.90. The Hall–Kier alpha value is -2.41. The summed E-state index contributed by atoms with van der Waals surface area (Å²) in [6.45, 7) is 9.19. The standard InChI is InChI=1S/C23H30N4O2S/c1-4-21(28)26-9-11-27(12-10-26)23-25-19-8-6-17(14-20(19)30-23)22(29)24-18-7-5-15(2)13-16(18)3/h5,7,13,17H,4,6,8-12,14H2,1-3H3,(H,24,29)/t17-/m0/s1. The molecule has 4 rings (SSSR count). The number of nitrogens with zero attached hydrogens (tertiary/aromatic N) is 3. The molecule has 1 N–H and O–H groups in total. The van der Waals surface area contributed by atoms with Crippen molar-refractivity contribution in [2.75, 3.05) is 36.4 Å². The molecule has 7 heteroatoms. The van der Waals surface area contributed by atoms with Crippen LogP contribution >= 0.6 is 11.3 Å². The second-order valence-electron chi connectivity index (χ2n) is 8.34. The van der Waals surface area contributed by atoms with Gasteiger partial charge in [0.25, 0.3) is 0 Å². The molecule has 0 saturated carbocycles. The van der Waals surface area contributed by atoms with Gasteiger partial charge in [-0.1, -0.05) is 24.6 Å². The molecule has 30 heavy (non-hydrogen) atoms. The first-order valence-electron chi connectivity index (χ1n) is 10.8. The lowest BCUT2D eigenvalue weighted by Crippen LogP contribution is -2.48. The summed E-state index contributed by atoms with van der Waals surface area (Å²) in [5.41, 5.74) is 4.35. The number of carbonyl (C=O) groups is 2. The molecular formula is C23H30N4O2S. The number of benzene rings is 1. The zero-order valence-corrected chi connectivity index (χ0v) is 18.8. The number of thiazole rings is 1. The van der Waals surface area contributed by atoms with Gasteiger partial charge in [-0.05, 0) is 44.7 Å². The van der Waals surface area contributed by atoms with Crippen molar-refractivity contribution in [3.05, 3.63) is 39.9 Å². The number of anilines is 2. The minimum absolute atomic E-state index is 0.00877. The molecule has 1 aromatic carbocycles. The molecule has 1 aliphatic carbocycles. The summed E-state index contributed by atoms with van der Waals surface area (Å²) in [6, 6.07) is 6.12. The van der Waals surface area contributed by atoms with E-state index < -0.39 is 0 Å². The molecule has 1 aromatic heterocycles. The number of hydrogen-bond donors (Lipinski definition) is 1. The van der Waals surface area contributed by atoms with Gasteiger partial charge in [-0.3, -0.25) is 9.59 Å². The van der Waals surface area contributed by atoms with Crippen molar-refractivity contribution in [3.8, 4) is 0 Å². The number of amides is 2. The lowest BCUT2D eigenvalue weighted by molar-refractivity contribution is -0.131. The Morgan fingerprint density at radius 2 is 1.97 bits per heavy atom. The summed E-state index contributed by atoms with van der Waals surface area (Å²) < 4.78 is 0. The van der Waals surface area contributed by atoms with Crippen LogP contribution in [0.2, 0.25) is 0 Å². The number of rotatable bonds is 4. The highest BCUT2D eigenvalue weighted by atomic mass is 32.1. The van der Waals surface area contributed by atoms with Crippen LogP contribution in [0.4, 0.5) is 10.8 Å². The first-order chi connectivity index (χ1) is 14.4. The largest absolute Gasteiger partial charge is 0.345 e. The maximum absolute atomic E-state index is 12.9. The van der Waals surface area contributed by atoms with E-state index in [1.54, 1.807) is 11.3 Å². The minimum atomic E-state index is -0.00877. The van der Waals surface area contributed by atoms with Crippen molar-refractivity contribution in [2.24, 2.45) is 5.92 Å². The van der Waals surface area contributed by atoms with Crippen molar-refractivity contribution in [2.45, 2.75) is 46.5 Å². The summed E-state index contributed by atoms with van der Waals surface area (Å²) in [5.74, 6) is 0.325.